The quantitative estimate of drug-likeness (QED) is 0.509. The minimum Gasteiger partial charge on any atom is -0.493 e. The average Bonchev–Trinajstić information content (AvgIpc) is 2.71. The third-order valence-electron chi connectivity index (χ3n) is 4.21. The van der Waals surface area contributed by atoms with Crippen LogP contribution in [0.1, 0.15) is 21.5 Å². The molecule has 0 unspecified atom stereocenters. The van der Waals surface area contributed by atoms with Crippen LogP contribution >= 0.6 is 0 Å². The molecule has 0 saturated heterocycles. The number of ether oxygens (including phenoxy) is 3. The second kappa shape index (κ2) is 9.33. The Morgan fingerprint density at radius 1 is 1.07 bits per heavy atom. The Bertz CT molecular complexity index is 929. The monoisotopic (exact) mass is 428 g/mol. The lowest BCUT2D eigenvalue weighted by molar-refractivity contribution is -0.386. The summed E-state index contributed by atoms with van der Waals surface area (Å²) in [6.45, 7) is 0.0397. The highest BCUT2D eigenvalue weighted by molar-refractivity contribution is 6.00. The van der Waals surface area contributed by atoms with Crippen molar-refractivity contribution in [2.45, 2.75) is 12.6 Å². The molecule has 162 valence electrons. The Hall–Kier alpha value is -3.50. The van der Waals surface area contributed by atoms with Gasteiger partial charge in [0.25, 0.3) is 5.91 Å². The minimum atomic E-state index is -4.43. The van der Waals surface area contributed by atoms with Crippen LogP contribution in [0.15, 0.2) is 30.3 Å². The van der Waals surface area contributed by atoms with Gasteiger partial charge in [-0.15, -0.1) is 0 Å². The molecule has 0 aliphatic carbocycles. The van der Waals surface area contributed by atoms with E-state index >= 15 is 0 Å². The number of hydrogen-bond acceptors (Lipinski definition) is 6. The number of hydrogen-bond donors (Lipinski definition) is 1. The van der Waals surface area contributed by atoms with Gasteiger partial charge in [0, 0.05) is 12.6 Å². The predicted octanol–water partition coefficient (Wildman–Crippen LogP) is 3.61. The van der Waals surface area contributed by atoms with Gasteiger partial charge in [-0.3, -0.25) is 14.9 Å². The lowest BCUT2D eigenvalue weighted by Crippen LogP contribution is -2.26. The van der Waals surface area contributed by atoms with E-state index in [4.69, 9.17) is 14.2 Å². The van der Waals surface area contributed by atoms with E-state index in [1.165, 1.54) is 33.5 Å². The summed E-state index contributed by atoms with van der Waals surface area (Å²) in [5.74, 6) is -1.01. The fraction of sp³-hybridized carbons (Fsp3) is 0.316. The Morgan fingerprint density at radius 2 is 1.67 bits per heavy atom. The molecule has 8 nitrogen and oxygen atoms in total. The zero-order chi connectivity index (χ0) is 22.5. The van der Waals surface area contributed by atoms with E-state index in [-0.39, 0.29) is 35.8 Å². The van der Waals surface area contributed by atoms with E-state index < -0.39 is 28.3 Å². The van der Waals surface area contributed by atoms with Crippen molar-refractivity contribution in [2.24, 2.45) is 0 Å². The number of rotatable bonds is 8. The van der Waals surface area contributed by atoms with Crippen LogP contribution in [-0.4, -0.2) is 38.7 Å². The fourth-order valence-electron chi connectivity index (χ4n) is 2.77. The highest BCUT2D eigenvalue weighted by Gasteiger charge is 2.32. The van der Waals surface area contributed by atoms with Crippen LogP contribution in [0, 0.1) is 10.1 Å². The first-order valence-electron chi connectivity index (χ1n) is 8.55. The molecule has 0 radical (unpaired) electrons. The molecule has 0 spiro atoms. The number of nitrogens with one attached hydrogen (secondary N) is 1. The van der Waals surface area contributed by atoms with Gasteiger partial charge in [-0.1, -0.05) is 12.1 Å². The number of carbonyl (C=O) groups is 1. The van der Waals surface area contributed by atoms with Crippen LogP contribution < -0.4 is 19.5 Å². The molecule has 1 amide bonds. The Balaban J connectivity index is 2.21. The summed E-state index contributed by atoms with van der Waals surface area (Å²) in [5.41, 5.74) is -1.12. The van der Waals surface area contributed by atoms with Gasteiger partial charge in [0.05, 0.1) is 31.8 Å². The van der Waals surface area contributed by atoms with Crippen molar-refractivity contribution in [2.75, 3.05) is 27.9 Å². The first-order valence-corrected chi connectivity index (χ1v) is 8.55. The lowest BCUT2D eigenvalue weighted by Gasteiger charge is -2.15. The molecular weight excluding hydrogens is 409 g/mol. The summed E-state index contributed by atoms with van der Waals surface area (Å²) in [4.78, 5) is 23.3. The topological polar surface area (TPSA) is 99.9 Å². The SMILES string of the molecule is COc1cc(C(=O)NCCc2ccc(C(F)(F)F)cc2)c([N+](=O)[O-])c(OC)c1OC. The van der Waals surface area contributed by atoms with Gasteiger partial charge >= 0.3 is 11.9 Å². The molecule has 0 heterocycles. The molecule has 2 rings (SSSR count). The van der Waals surface area contributed by atoms with Crippen LogP contribution in [0.2, 0.25) is 0 Å². The minimum absolute atomic E-state index is 0.0343. The van der Waals surface area contributed by atoms with Crippen LogP contribution in [0.25, 0.3) is 0 Å². The normalized spacial score (nSPS) is 11.0. The van der Waals surface area contributed by atoms with Crippen LogP contribution in [0.5, 0.6) is 17.2 Å². The third kappa shape index (κ3) is 4.91. The van der Waals surface area contributed by atoms with Gasteiger partial charge < -0.3 is 19.5 Å². The molecule has 30 heavy (non-hydrogen) atoms. The Kier molecular flexibility index (Phi) is 7.09. The van der Waals surface area contributed by atoms with E-state index in [0.717, 1.165) is 18.2 Å². The van der Waals surface area contributed by atoms with Gasteiger partial charge in [-0.05, 0) is 24.1 Å². The van der Waals surface area contributed by atoms with Crippen molar-refractivity contribution in [1.29, 1.82) is 0 Å². The molecule has 2 aromatic rings. The van der Waals surface area contributed by atoms with E-state index in [0.29, 0.717) is 5.56 Å². The molecule has 0 bridgehead atoms. The number of nitro groups is 1. The highest BCUT2D eigenvalue weighted by Crippen LogP contribution is 2.46. The number of nitro benzene ring substituents is 1. The predicted molar refractivity (Wildman–Crippen MR) is 100 cm³/mol. The number of methoxy groups -OCH3 is 3. The number of alkyl halides is 3. The number of benzene rings is 2. The fourth-order valence-corrected chi connectivity index (χ4v) is 2.77. The second-order valence-electron chi connectivity index (χ2n) is 6.00. The summed E-state index contributed by atoms with van der Waals surface area (Å²) >= 11 is 0. The van der Waals surface area contributed by atoms with Crippen LogP contribution in [-0.2, 0) is 12.6 Å². The van der Waals surface area contributed by atoms with Crippen molar-refractivity contribution in [3.63, 3.8) is 0 Å². The first-order chi connectivity index (χ1) is 14.1. The van der Waals surface area contributed by atoms with E-state index in [9.17, 15) is 28.1 Å². The maximum atomic E-state index is 12.6. The average molecular weight is 428 g/mol. The van der Waals surface area contributed by atoms with Crippen molar-refractivity contribution < 1.29 is 37.1 Å². The van der Waals surface area contributed by atoms with Crippen molar-refractivity contribution in [1.82, 2.24) is 5.32 Å². The first kappa shape index (κ1) is 22.8. The molecule has 2 aromatic carbocycles. The number of halogens is 3. The van der Waals surface area contributed by atoms with Gasteiger partial charge in [0.2, 0.25) is 11.5 Å². The largest absolute Gasteiger partial charge is 0.493 e. The maximum absolute atomic E-state index is 12.6. The van der Waals surface area contributed by atoms with Crippen LogP contribution in [0.3, 0.4) is 0 Å². The standard InChI is InChI=1S/C19H19F3N2O6/c1-28-14-10-13(15(24(26)27)17(30-3)16(14)29-2)18(25)23-9-8-11-4-6-12(7-5-11)19(20,21)22/h4-7,10H,8-9H2,1-3H3,(H,23,25). The molecule has 0 fully saturated rings. The van der Waals surface area contributed by atoms with Gasteiger partial charge in [0.1, 0.15) is 5.56 Å². The van der Waals surface area contributed by atoms with Crippen LogP contribution in [0.4, 0.5) is 18.9 Å². The lowest BCUT2D eigenvalue weighted by atomic mass is 10.1. The third-order valence-corrected chi connectivity index (χ3v) is 4.21. The van der Waals surface area contributed by atoms with Gasteiger partial charge in [0.15, 0.2) is 5.75 Å². The maximum Gasteiger partial charge on any atom is 0.416 e. The molecule has 11 heteroatoms. The zero-order valence-corrected chi connectivity index (χ0v) is 16.3. The summed E-state index contributed by atoms with van der Waals surface area (Å²) in [5, 5.41) is 14.0. The Labute approximate surface area is 169 Å². The summed E-state index contributed by atoms with van der Waals surface area (Å²) in [7, 11) is 3.76. The Morgan fingerprint density at radius 3 is 2.13 bits per heavy atom. The van der Waals surface area contributed by atoms with Gasteiger partial charge in [-0.2, -0.15) is 13.2 Å². The molecule has 1 N–H and O–H groups in total. The molecule has 0 aliphatic heterocycles. The van der Waals surface area contributed by atoms with E-state index in [2.05, 4.69) is 5.32 Å². The summed E-state index contributed by atoms with van der Waals surface area (Å²) in [6, 6.07) is 5.66. The van der Waals surface area contributed by atoms with Gasteiger partial charge in [-0.25, -0.2) is 0 Å². The molecule has 0 aromatic heterocycles. The molecule has 0 saturated carbocycles. The second-order valence-corrected chi connectivity index (χ2v) is 6.00. The number of amides is 1. The molecule has 0 atom stereocenters. The number of carbonyl (C=O) groups excluding carboxylic acids is 1. The summed E-state index contributed by atoms with van der Waals surface area (Å²) < 4.78 is 53.1. The van der Waals surface area contributed by atoms with Crippen molar-refractivity contribution in [3.8, 4) is 17.2 Å². The molecule has 0 aliphatic rings. The smallest absolute Gasteiger partial charge is 0.416 e. The van der Waals surface area contributed by atoms with Crippen molar-refractivity contribution in [3.05, 3.63) is 57.1 Å². The summed E-state index contributed by atoms with van der Waals surface area (Å²) in [6.07, 6.45) is -4.21. The van der Waals surface area contributed by atoms with E-state index in [1.807, 2.05) is 0 Å². The highest BCUT2D eigenvalue weighted by atomic mass is 19.4. The molecular formula is C19H19F3N2O6. The zero-order valence-electron chi connectivity index (χ0n) is 16.3. The van der Waals surface area contributed by atoms with Crippen molar-refractivity contribution >= 4 is 11.6 Å². The van der Waals surface area contributed by atoms with E-state index in [1.54, 1.807) is 0 Å². The number of nitrogens with zero attached hydrogens (tertiary/aromatic N) is 1.